The Bertz CT molecular complexity index is 192. The van der Waals surface area contributed by atoms with Crippen molar-refractivity contribution in [3.05, 3.63) is 0 Å². The van der Waals surface area contributed by atoms with Gasteiger partial charge in [0.05, 0.1) is 19.3 Å². The lowest BCUT2D eigenvalue weighted by Crippen LogP contribution is -2.50. The summed E-state index contributed by atoms with van der Waals surface area (Å²) in [5.74, 6) is 0. The molecule has 1 saturated heterocycles. The summed E-state index contributed by atoms with van der Waals surface area (Å²) in [6.07, 6.45) is -2.18. The first kappa shape index (κ1) is 13.8. The van der Waals surface area contributed by atoms with Crippen molar-refractivity contribution in [3.63, 3.8) is 0 Å². The Morgan fingerprint density at radius 2 is 2.19 bits per heavy atom. The molecular weight excluding hydrogens is 214 g/mol. The molecule has 4 unspecified atom stereocenters. The van der Waals surface area contributed by atoms with Crippen molar-refractivity contribution in [3.8, 4) is 0 Å². The molecule has 0 spiro atoms. The van der Waals surface area contributed by atoms with Crippen LogP contribution in [0.15, 0.2) is 0 Å². The van der Waals surface area contributed by atoms with Gasteiger partial charge in [0, 0.05) is 6.42 Å². The Morgan fingerprint density at radius 3 is 2.81 bits per heavy atom. The van der Waals surface area contributed by atoms with Crippen molar-refractivity contribution in [2.24, 2.45) is 0 Å². The molecule has 16 heavy (non-hydrogen) atoms. The Labute approximate surface area is 95.2 Å². The quantitative estimate of drug-likeness (QED) is 0.416. The lowest BCUT2D eigenvalue weighted by molar-refractivity contribution is -0.256. The van der Waals surface area contributed by atoms with E-state index in [4.69, 9.17) is 14.6 Å². The summed E-state index contributed by atoms with van der Waals surface area (Å²) in [6.45, 7) is 1.04. The Hall–Kier alpha value is -0.240. The van der Waals surface area contributed by atoms with E-state index in [1.54, 1.807) is 0 Å². The van der Waals surface area contributed by atoms with E-state index in [1.807, 2.05) is 7.05 Å². The summed E-state index contributed by atoms with van der Waals surface area (Å²) in [4.78, 5) is 0. The highest BCUT2D eigenvalue weighted by molar-refractivity contribution is 4.82. The highest BCUT2D eigenvalue weighted by Crippen LogP contribution is 2.21. The van der Waals surface area contributed by atoms with Crippen molar-refractivity contribution in [1.82, 2.24) is 5.32 Å². The summed E-state index contributed by atoms with van der Waals surface area (Å²) in [5, 5.41) is 30.9. The second kappa shape index (κ2) is 7.16. The van der Waals surface area contributed by atoms with Crippen LogP contribution in [0.4, 0.5) is 0 Å². The number of rotatable bonds is 6. The Morgan fingerprint density at radius 1 is 1.44 bits per heavy atom. The van der Waals surface area contributed by atoms with E-state index in [2.05, 4.69) is 5.32 Å². The minimum Gasteiger partial charge on any atom is -0.394 e. The van der Waals surface area contributed by atoms with Gasteiger partial charge in [-0.2, -0.15) is 0 Å². The van der Waals surface area contributed by atoms with Gasteiger partial charge in [0.1, 0.15) is 12.2 Å². The fourth-order valence-electron chi connectivity index (χ4n) is 1.64. The average molecular weight is 235 g/mol. The fraction of sp³-hybridized carbons (Fsp3) is 1.00. The van der Waals surface area contributed by atoms with Gasteiger partial charge in [0.15, 0.2) is 6.29 Å². The number of ether oxygens (including phenoxy) is 2. The minimum absolute atomic E-state index is 0.233. The molecule has 4 atom stereocenters. The second-order valence-electron chi connectivity index (χ2n) is 3.91. The van der Waals surface area contributed by atoms with Crippen LogP contribution in [0, 0.1) is 0 Å². The molecule has 0 radical (unpaired) electrons. The van der Waals surface area contributed by atoms with Gasteiger partial charge in [-0.05, 0) is 20.0 Å². The molecule has 1 fully saturated rings. The molecule has 1 aliphatic heterocycles. The predicted octanol–water partition coefficient (Wildman–Crippen LogP) is -1.56. The highest BCUT2D eigenvalue weighted by atomic mass is 16.7. The first-order valence-corrected chi connectivity index (χ1v) is 5.57. The van der Waals surface area contributed by atoms with Crippen molar-refractivity contribution in [2.75, 3.05) is 26.8 Å². The number of aliphatic hydroxyl groups excluding tert-OH is 3. The van der Waals surface area contributed by atoms with Crippen LogP contribution in [0.5, 0.6) is 0 Å². The average Bonchev–Trinajstić information content (AvgIpc) is 2.29. The van der Waals surface area contributed by atoms with Gasteiger partial charge < -0.3 is 30.1 Å². The van der Waals surface area contributed by atoms with Crippen LogP contribution in [-0.2, 0) is 9.47 Å². The molecule has 0 aromatic heterocycles. The summed E-state index contributed by atoms with van der Waals surface area (Å²) in [5.41, 5.74) is 0. The van der Waals surface area contributed by atoms with Crippen LogP contribution in [0.2, 0.25) is 0 Å². The normalized spacial score (nSPS) is 35.2. The zero-order valence-electron chi connectivity index (χ0n) is 9.50. The maximum atomic E-state index is 9.52. The van der Waals surface area contributed by atoms with Crippen molar-refractivity contribution in [2.45, 2.75) is 37.4 Å². The third-order valence-electron chi connectivity index (χ3n) is 2.59. The minimum atomic E-state index is -1.04. The van der Waals surface area contributed by atoms with E-state index in [0.29, 0.717) is 6.61 Å². The van der Waals surface area contributed by atoms with E-state index >= 15 is 0 Å². The predicted molar refractivity (Wildman–Crippen MR) is 56.9 cm³/mol. The third-order valence-corrected chi connectivity index (χ3v) is 2.59. The monoisotopic (exact) mass is 235 g/mol. The Balaban J connectivity index is 2.27. The van der Waals surface area contributed by atoms with Gasteiger partial charge in [-0.3, -0.25) is 0 Å². The van der Waals surface area contributed by atoms with E-state index in [0.717, 1.165) is 13.0 Å². The lowest BCUT2D eigenvalue weighted by atomic mass is 10.0. The smallest absolute Gasteiger partial charge is 0.160 e. The van der Waals surface area contributed by atoms with Gasteiger partial charge in [0.25, 0.3) is 0 Å². The van der Waals surface area contributed by atoms with E-state index in [-0.39, 0.29) is 13.0 Å². The molecule has 0 aromatic rings. The second-order valence-corrected chi connectivity index (χ2v) is 3.91. The van der Waals surface area contributed by atoms with Crippen LogP contribution in [0.1, 0.15) is 12.8 Å². The van der Waals surface area contributed by atoms with Gasteiger partial charge in [-0.1, -0.05) is 0 Å². The molecule has 0 saturated carbocycles. The number of hydrogen-bond donors (Lipinski definition) is 4. The summed E-state index contributed by atoms with van der Waals surface area (Å²) in [6, 6.07) is 0. The molecule has 0 amide bonds. The van der Waals surface area contributed by atoms with Crippen molar-refractivity contribution in [1.29, 1.82) is 0 Å². The molecule has 4 N–H and O–H groups in total. The largest absolute Gasteiger partial charge is 0.394 e. The molecule has 6 nitrogen and oxygen atoms in total. The topological polar surface area (TPSA) is 91.2 Å². The molecule has 96 valence electrons. The van der Waals surface area contributed by atoms with Crippen molar-refractivity contribution >= 4 is 0 Å². The van der Waals surface area contributed by atoms with Gasteiger partial charge >= 0.3 is 0 Å². The van der Waals surface area contributed by atoms with Crippen LogP contribution < -0.4 is 5.32 Å². The Kier molecular flexibility index (Phi) is 6.18. The van der Waals surface area contributed by atoms with Gasteiger partial charge in [-0.25, -0.2) is 0 Å². The SMILES string of the molecule is CNCCCOC1CC(O)C(O)C(CO)O1. The summed E-state index contributed by atoms with van der Waals surface area (Å²) in [7, 11) is 1.86. The van der Waals surface area contributed by atoms with E-state index in [9.17, 15) is 10.2 Å². The molecule has 0 aromatic carbocycles. The molecule has 6 heteroatoms. The number of nitrogens with one attached hydrogen (secondary N) is 1. The van der Waals surface area contributed by atoms with Crippen LogP contribution >= 0.6 is 0 Å². The fourth-order valence-corrected chi connectivity index (χ4v) is 1.64. The molecule has 1 heterocycles. The zero-order valence-corrected chi connectivity index (χ0v) is 9.50. The van der Waals surface area contributed by atoms with E-state index < -0.39 is 24.6 Å². The third kappa shape index (κ3) is 3.97. The molecule has 1 aliphatic rings. The lowest BCUT2D eigenvalue weighted by Gasteiger charge is -2.36. The maximum absolute atomic E-state index is 9.52. The first-order chi connectivity index (χ1) is 7.69. The molecular formula is C10H21NO5. The highest BCUT2D eigenvalue weighted by Gasteiger charge is 2.36. The summed E-state index contributed by atoms with van der Waals surface area (Å²) >= 11 is 0. The number of aliphatic hydroxyl groups is 3. The van der Waals surface area contributed by atoms with Crippen LogP contribution in [-0.4, -0.2) is 66.7 Å². The molecule has 1 rings (SSSR count). The van der Waals surface area contributed by atoms with E-state index in [1.165, 1.54) is 0 Å². The zero-order chi connectivity index (χ0) is 12.0. The van der Waals surface area contributed by atoms with Gasteiger partial charge in [0.2, 0.25) is 0 Å². The molecule has 0 bridgehead atoms. The summed E-state index contributed by atoms with van der Waals surface area (Å²) < 4.78 is 10.7. The number of hydrogen-bond acceptors (Lipinski definition) is 6. The standard InChI is InChI=1S/C10H21NO5/c1-11-3-2-4-15-9-5-7(13)10(14)8(6-12)16-9/h7-14H,2-6H2,1H3. The maximum Gasteiger partial charge on any atom is 0.160 e. The molecule has 0 aliphatic carbocycles. The first-order valence-electron chi connectivity index (χ1n) is 5.57. The van der Waals surface area contributed by atoms with Gasteiger partial charge in [-0.15, -0.1) is 0 Å². The van der Waals surface area contributed by atoms with Crippen LogP contribution in [0.25, 0.3) is 0 Å². The van der Waals surface area contributed by atoms with Crippen molar-refractivity contribution < 1.29 is 24.8 Å². The van der Waals surface area contributed by atoms with Crippen LogP contribution in [0.3, 0.4) is 0 Å².